The molecule has 0 aromatic heterocycles. The Bertz CT molecular complexity index is 215. The van der Waals surface area contributed by atoms with Crippen LogP contribution in [0.2, 0.25) is 0 Å². The first-order valence-corrected chi connectivity index (χ1v) is 8.98. The third-order valence-electron chi connectivity index (χ3n) is 1.34. The van der Waals surface area contributed by atoms with Crippen LogP contribution in [0.15, 0.2) is 0 Å². The van der Waals surface area contributed by atoms with E-state index in [2.05, 4.69) is 0 Å². The predicted molar refractivity (Wildman–Crippen MR) is 42.9 cm³/mol. The third-order valence-corrected chi connectivity index (χ3v) is 11.2. The predicted octanol–water partition coefficient (Wildman–Crippen LogP) is 5.72. The van der Waals surface area contributed by atoms with E-state index in [0.29, 0.717) is 0 Å². The zero-order chi connectivity index (χ0) is 12.9. The summed E-state index contributed by atoms with van der Waals surface area (Å²) in [4.78, 5) is 0. The van der Waals surface area contributed by atoms with E-state index in [9.17, 15) is 39.5 Å². The fraction of sp³-hybridized carbons (Fsp3) is 1.00. The molecule has 0 nitrogen and oxygen atoms in total. The van der Waals surface area contributed by atoms with Gasteiger partial charge in [0.05, 0.1) is 0 Å². The van der Waals surface area contributed by atoms with Crippen LogP contribution in [-0.2, 0) is 0 Å². The molecule has 94 valence electrons. The average Bonchev–Trinajstić information content (AvgIpc) is 1.78. The van der Waals surface area contributed by atoms with E-state index in [1.165, 1.54) is 0 Å². The number of hydrogen-bond acceptors (Lipinski definition) is 0. The van der Waals surface area contributed by atoms with Crippen LogP contribution in [0.3, 0.4) is 0 Å². The number of alkyl halides is 9. The molecule has 0 aromatic carbocycles. The van der Waals surface area contributed by atoms with Gasteiger partial charge in [0.2, 0.25) is 0 Å². The molecule has 0 aromatic rings. The molecule has 0 saturated heterocycles. The second kappa shape index (κ2) is 3.38. The van der Waals surface area contributed by atoms with Crippen molar-refractivity contribution in [3.05, 3.63) is 0 Å². The van der Waals surface area contributed by atoms with Crippen LogP contribution in [0, 0.1) is 0 Å². The number of halogens is 11. The van der Waals surface area contributed by atoms with E-state index in [0.717, 1.165) is 31.0 Å². The van der Waals surface area contributed by atoms with Gasteiger partial charge in [-0.1, -0.05) is 0 Å². The second-order valence-corrected chi connectivity index (χ2v) is 17.0. The first kappa shape index (κ1) is 15.8. The van der Waals surface area contributed by atoms with Crippen molar-refractivity contribution in [2.45, 2.75) is 17.8 Å². The SMILES string of the molecule is FC(F)(F)P(Br)(Br)(C(F)(F)F)C(F)(F)F. The minimum atomic E-state index is -8.22. The molecule has 0 atom stereocenters. The van der Waals surface area contributed by atoms with Gasteiger partial charge in [-0.3, -0.25) is 0 Å². The summed E-state index contributed by atoms with van der Waals surface area (Å²) < 4.78 is 99.8. The van der Waals surface area contributed by atoms with Crippen LogP contribution in [0.1, 0.15) is 0 Å². The molecular weight excluding hydrogens is 398 g/mol. The number of rotatable bonds is 0. The molecule has 0 aliphatic carbocycles. The van der Waals surface area contributed by atoms with E-state index in [1.54, 1.807) is 0 Å². The first-order chi connectivity index (χ1) is 6.07. The second-order valence-electron chi connectivity index (χ2n) is 2.31. The van der Waals surface area contributed by atoms with Gasteiger partial charge in [-0.25, -0.2) is 0 Å². The molecule has 15 heavy (non-hydrogen) atoms. The summed E-state index contributed by atoms with van der Waals surface area (Å²) in [5.41, 5.74) is 0. The van der Waals surface area contributed by atoms with Gasteiger partial charge in [0.1, 0.15) is 0 Å². The summed E-state index contributed by atoms with van der Waals surface area (Å²) in [5, 5.41) is 0. The maximum atomic E-state index is 12.0. The molecule has 0 saturated carbocycles. The van der Waals surface area contributed by atoms with Crippen molar-refractivity contribution in [1.82, 2.24) is 0 Å². The van der Waals surface area contributed by atoms with Crippen molar-refractivity contribution in [2.24, 2.45) is 0 Å². The maximum absolute atomic E-state index is 12.0. The van der Waals surface area contributed by atoms with Crippen LogP contribution >= 0.6 is 35.0 Å². The average molecular weight is 398 g/mol. The van der Waals surface area contributed by atoms with E-state index in [-0.39, 0.29) is 0 Å². The monoisotopic (exact) mass is 396 g/mol. The van der Waals surface area contributed by atoms with Crippen molar-refractivity contribution in [2.75, 3.05) is 0 Å². The molecule has 0 rings (SSSR count). The topological polar surface area (TPSA) is 0 Å². The molecule has 0 unspecified atom stereocenters. The van der Waals surface area contributed by atoms with Crippen LogP contribution in [0.25, 0.3) is 0 Å². The van der Waals surface area contributed by atoms with Crippen LogP contribution in [-0.4, -0.2) is 17.8 Å². The summed E-state index contributed by atoms with van der Waals surface area (Å²) >= 11 is 1.65. The number of hydrogen-bond donors (Lipinski definition) is 0. The Hall–Kier alpha value is 0.760. The van der Waals surface area contributed by atoms with Crippen molar-refractivity contribution in [1.29, 1.82) is 0 Å². The summed E-state index contributed by atoms with van der Waals surface area (Å²) in [7, 11) is 0. The van der Waals surface area contributed by atoms with Crippen LogP contribution in [0.5, 0.6) is 0 Å². The van der Waals surface area contributed by atoms with Crippen molar-refractivity contribution in [3.63, 3.8) is 0 Å². The van der Waals surface area contributed by atoms with Crippen molar-refractivity contribution in [3.8, 4) is 0 Å². The molecule has 0 bridgehead atoms. The Labute approximate surface area is 92.6 Å². The van der Waals surface area contributed by atoms with Crippen LogP contribution < -0.4 is 0 Å². The molecule has 12 heteroatoms. The fourth-order valence-corrected chi connectivity index (χ4v) is 1.29. The Morgan fingerprint density at radius 1 is 0.533 bits per heavy atom. The minimum absolute atomic E-state index is 0.823. The van der Waals surface area contributed by atoms with Gasteiger partial charge in [-0.2, -0.15) is 0 Å². The van der Waals surface area contributed by atoms with Gasteiger partial charge < -0.3 is 0 Å². The summed E-state index contributed by atoms with van der Waals surface area (Å²) in [5.74, 6) is -19.6. The molecule has 0 fully saturated rings. The molecular formula is C3Br2F9P. The van der Waals surface area contributed by atoms with E-state index in [4.69, 9.17) is 0 Å². The molecule has 0 aliphatic rings. The molecule has 0 aliphatic heterocycles. The van der Waals surface area contributed by atoms with Gasteiger partial charge in [0.25, 0.3) is 0 Å². The van der Waals surface area contributed by atoms with E-state index in [1.807, 2.05) is 0 Å². The fourth-order valence-electron chi connectivity index (χ4n) is 0.431. The van der Waals surface area contributed by atoms with Crippen molar-refractivity contribution < 1.29 is 39.5 Å². The zero-order valence-electron chi connectivity index (χ0n) is 6.10. The van der Waals surface area contributed by atoms with E-state index < -0.39 is 21.8 Å². The van der Waals surface area contributed by atoms with E-state index >= 15 is 0 Å². The van der Waals surface area contributed by atoms with Gasteiger partial charge >= 0.3 is 92.3 Å². The van der Waals surface area contributed by atoms with Gasteiger partial charge in [0.15, 0.2) is 0 Å². The molecule has 0 heterocycles. The molecule has 0 amide bonds. The van der Waals surface area contributed by atoms with Crippen molar-refractivity contribution >= 4 is 35.0 Å². The van der Waals surface area contributed by atoms with Gasteiger partial charge in [0, 0.05) is 0 Å². The quantitative estimate of drug-likeness (QED) is 0.362. The summed E-state index contributed by atoms with van der Waals surface area (Å²) in [6, 6.07) is 0. The summed E-state index contributed by atoms with van der Waals surface area (Å²) in [6.07, 6.45) is 0. The van der Waals surface area contributed by atoms with Gasteiger partial charge in [-0.05, 0) is 0 Å². The Balaban J connectivity index is 6.08. The third kappa shape index (κ3) is 1.78. The molecule has 0 N–H and O–H groups in total. The zero-order valence-corrected chi connectivity index (χ0v) is 10.2. The van der Waals surface area contributed by atoms with Gasteiger partial charge in [-0.15, -0.1) is 0 Å². The summed E-state index contributed by atoms with van der Waals surface area (Å²) in [6.45, 7) is 0. The normalized spacial score (nSPS) is 18.5. The first-order valence-electron chi connectivity index (χ1n) is 2.71. The Morgan fingerprint density at radius 2 is 0.667 bits per heavy atom. The standard InChI is InChI=1S/C3Br2F9P/c4-15(5,1(6,7)8,2(9,10)11)3(12,13)14. The van der Waals surface area contributed by atoms with Crippen LogP contribution in [0.4, 0.5) is 39.5 Å². The Kier molecular flexibility index (Phi) is 3.55. The molecule has 0 radical (unpaired) electrons. The Morgan fingerprint density at radius 3 is 0.667 bits per heavy atom. The molecule has 0 spiro atoms.